The summed E-state index contributed by atoms with van der Waals surface area (Å²) in [5.41, 5.74) is 1.38. The van der Waals surface area contributed by atoms with E-state index in [-0.39, 0.29) is 11.9 Å². The molecular weight excluding hydrogens is 246 g/mol. The molecule has 4 heteroatoms. The fraction of sp³-hybridized carbons (Fsp3) is 0.643. The molecule has 0 bridgehead atoms. The van der Waals surface area contributed by atoms with Crippen molar-refractivity contribution in [2.75, 3.05) is 13.7 Å². The Morgan fingerprint density at radius 2 is 2.44 bits per heavy atom. The summed E-state index contributed by atoms with van der Waals surface area (Å²) in [5, 5.41) is 2.96. The second kappa shape index (κ2) is 5.85. The number of nitrogens with one attached hydrogen (secondary N) is 1. The predicted molar refractivity (Wildman–Crippen MR) is 74.3 cm³/mol. The van der Waals surface area contributed by atoms with E-state index < -0.39 is 0 Å². The number of aryl methyl sites for hydroxylation is 1. The molecule has 0 saturated heterocycles. The van der Waals surface area contributed by atoms with Crippen LogP contribution in [0.3, 0.4) is 0 Å². The summed E-state index contributed by atoms with van der Waals surface area (Å²) in [7, 11) is 1.65. The van der Waals surface area contributed by atoms with E-state index in [9.17, 15) is 4.79 Å². The van der Waals surface area contributed by atoms with Crippen LogP contribution in [0.4, 0.5) is 0 Å². The van der Waals surface area contributed by atoms with Crippen LogP contribution < -0.4 is 5.32 Å². The highest BCUT2D eigenvalue weighted by Gasteiger charge is 2.21. The molecule has 0 saturated carbocycles. The van der Waals surface area contributed by atoms with Gasteiger partial charge in [-0.3, -0.25) is 4.79 Å². The van der Waals surface area contributed by atoms with Crippen LogP contribution in [0.15, 0.2) is 6.07 Å². The second-order valence-electron chi connectivity index (χ2n) is 5.24. The summed E-state index contributed by atoms with van der Waals surface area (Å²) in [6.45, 7) is 4.78. The topological polar surface area (TPSA) is 38.3 Å². The maximum Gasteiger partial charge on any atom is 0.261 e. The number of carbonyl (C=O) groups is 1. The Morgan fingerprint density at radius 1 is 1.67 bits per heavy atom. The van der Waals surface area contributed by atoms with Crippen LogP contribution in [0.1, 0.15) is 40.4 Å². The van der Waals surface area contributed by atoms with Crippen LogP contribution in [0, 0.1) is 5.92 Å². The Bertz CT molecular complexity index is 427. The lowest BCUT2D eigenvalue weighted by atomic mass is 9.90. The minimum atomic E-state index is 0.0339. The van der Waals surface area contributed by atoms with E-state index in [2.05, 4.69) is 18.3 Å². The van der Waals surface area contributed by atoms with Crippen molar-refractivity contribution < 1.29 is 9.53 Å². The summed E-state index contributed by atoms with van der Waals surface area (Å²) < 4.78 is 5.02. The standard InChI is InChI=1S/C14H21NO2S/c1-9-4-5-12-11(6-9)7-13(18-12)14(16)15-10(2)8-17-3/h7,9-10H,4-6,8H2,1-3H3,(H,15,16)/t9-,10-/m0/s1. The maximum absolute atomic E-state index is 12.1. The molecule has 1 aliphatic carbocycles. The Hall–Kier alpha value is -0.870. The van der Waals surface area contributed by atoms with Crippen LogP contribution in [-0.4, -0.2) is 25.7 Å². The Kier molecular flexibility index (Phi) is 4.40. The van der Waals surface area contributed by atoms with Crippen LogP contribution >= 0.6 is 11.3 Å². The number of rotatable bonds is 4. The first-order valence-electron chi connectivity index (χ1n) is 6.51. The van der Waals surface area contributed by atoms with E-state index in [1.165, 1.54) is 16.9 Å². The van der Waals surface area contributed by atoms with Gasteiger partial charge in [-0.1, -0.05) is 6.92 Å². The molecule has 0 spiro atoms. The quantitative estimate of drug-likeness (QED) is 0.910. The van der Waals surface area contributed by atoms with Gasteiger partial charge in [-0.05, 0) is 43.7 Å². The molecule has 0 aromatic carbocycles. The highest BCUT2D eigenvalue weighted by molar-refractivity contribution is 7.14. The number of carbonyl (C=O) groups excluding carboxylic acids is 1. The number of amides is 1. The van der Waals surface area contributed by atoms with Crippen molar-refractivity contribution in [3.05, 3.63) is 21.4 Å². The molecule has 1 aromatic rings. The first-order valence-corrected chi connectivity index (χ1v) is 7.33. The molecule has 0 radical (unpaired) electrons. The minimum Gasteiger partial charge on any atom is -0.383 e. The number of fused-ring (bicyclic) bond motifs is 1. The largest absolute Gasteiger partial charge is 0.383 e. The Morgan fingerprint density at radius 3 is 3.17 bits per heavy atom. The molecule has 1 amide bonds. The fourth-order valence-electron chi connectivity index (χ4n) is 2.40. The van der Waals surface area contributed by atoms with Gasteiger partial charge in [0.25, 0.3) is 5.91 Å². The van der Waals surface area contributed by atoms with Crippen LogP contribution in [0.2, 0.25) is 0 Å². The van der Waals surface area contributed by atoms with Gasteiger partial charge in [-0.2, -0.15) is 0 Å². The summed E-state index contributed by atoms with van der Waals surface area (Å²) in [4.78, 5) is 14.3. The molecule has 3 nitrogen and oxygen atoms in total. The molecule has 0 fully saturated rings. The zero-order valence-corrected chi connectivity index (χ0v) is 12.1. The first-order chi connectivity index (χ1) is 8.60. The molecule has 0 unspecified atom stereocenters. The van der Waals surface area contributed by atoms with Crippen LogP contribution in [0.5, 0.6) is 0 Å². The number of methoxy groups -OCH3 is 1. The highest BCUT2D eigenvalue weighted by Crippen LogP contribution is 2.32. The fourth-order valence-corrected chi connectivity index (χ4v) is 3.52. The predicted octanol–water partition coefficient (Wildman–Crippen LogP) is 2.64. The molecule has 1 aromatic heterocycles. The minimum absolute atomic E-state index is 0.0339. The summed E-state index contributed by atoms with van der Waals surface area (Å²) in [6, 6.07) is 2.13. The molecule has 18 heavy (non-hydrogen) atoms. The third-order valence-corrected chi connectivity index (χ3v) is 4.58. The van der Waals surface area contributed by atoms with Gasteiger partial charge in [0.1, 0.15) is 0 Å². The molecule has 2 atom stereocenters. The number of thiophene rings is 1. The van der Waals surface area contributed by atoms with Gasteiger partial charge in [0.05, 0.1) is 11.5 Å². The molecular formula is C14H21NO2S. The molecule has 100 valence electrons. The van der Waals surface area contributed by atoms with E-state index in [1.807, 2.05) is 6.92 Å². The van der Waals surface area contributed by atoms with E-state index in [0.717, 1.165) is 23.6 Å². The Balaban J connectivity index is 2.03. The van der Waals surface area contributed by atoms with Gasteiger partial charge in [-0.15, -0.1) is 11.3 Å². The average Bonchev–Trinajstić information content (AvgIpc) is 2.72. The zero-order valence-electron chi connectivity index (χ0n) is 11.3. The monoisotopic (exact) mass is 267 g/mol. The molecule has 0 aliphatic heterocycles. The number of hydrogen-bond acceptors (Lipinski definition) is 3. The third kappa shape index (κ3) is 3.12. The molecule has 2 rings (SSSR count). The first kappa shape index (κ1) is 13.6. The number of hydrogen-bond donors (Lipinski definition) is 1. The molecule has 1 aliphatic rings. The lowest BCUT2D eigenvalue weighted by molar-refractivity contribution is 0.0909. The van der Waals surface area contributed by atoms with Crippen LogP contribution in [-0.2, 0) is 17.6 Å². The van der Waals surface area contributed by atoms with Crippen molar-refractivity contribution in [1.29, 1.82) is 0 Å². The molecule has 1 N–H and O–H groups in total. The van der Waals surface area contributed by atoms with Crippen molar-refractivity contribution in [3.8, 4) is 0 Å². The number of ether oxygens (including phenoxy) is 1. The lowest BCUT2D eigenvalue weighted by Crippen LogP contribution is -2.35. The van der Waals surface area contributed by atoms with E-state index in [0.29, 0.717) is 6.61 Å². The SMILES string of the molecule is COC[C@H](C)NC(=O)c1cc2c(s1)CC[C@H](C)C2. The lowest BCUT2D eigenvalue weighted by Gasteiger charge is -2.16. The summed E-state index contributed by atoms with van der Waals surface area (Å²) in [6.07, 6.45) is 3.49. The van der Waals surface area contributed by atoms with E-state index >= 15 is 0 Å². The second-order valence-corrected chi connectivity index (χ2v) is 6.37. The van der Waals surface area contributed by atoms with Crippen molar-refractivity contribution in [2.24, 2.45) is 5.92 Å². The van der Waals surface area contributed by atoms with Crippen molar-refractivity contribution in [1.82, 2.24) is 5.32 Å². The highest BCUT2D eigenvalue weighted by atomic mass is 32.1. The van der Waals surface area contributed by atoms with Gasteiger partial charge < -0.3 is 10.1 Å². The van der Waals surface area contributed by atoms with E-state index in [4.69, 9.17) is 4.74 Å². The van der Waals surface area contributed by atoms with Crippen molar-refractivity contribution in [3.63, 3.8) is 0 Å². The van der Waals surface area contributed by atoms with Crippen molar-refractivity contribution in [2.45, 2.75) is 39.2 Å². The maximum atomic E-state index is 12.1. The molecule has 1 heterocycles. The van der Waals surface area contributed by atoms with Crippen LogP contribution in [0.25, 0.3) is 0 Å². The smallest absolute Gasteiger partial charge is 0.261 e. The normalized spacial score (nSPS) is 20.3. The summed E-state index contributed by atoms with van der Waals surface area (Å²) in [5.74, 6) is 0.780. The Labute approximate surface area is 113 Å². The summed E-state index contributed by atoms with van der Waals surface area (Å²) >= 11 is 1.65. The van der Waals surface area contributed by atoms with E-state index in [1.54, 1.807) is 18.4 Å². The van der Waals surface area contributed by atoms with Crippen molar-refractivity contribution >= 4 is 17.2 Å². The van der Waals surface area contributed by atoms with Gasteiger partial charge in [0, 0.05) is 18.0 Å². The van der Waals surface area contributed by atoms with Gasteiger partial charge >= 0.3 is 0 Å². The average molecular weight is 267 g/mol. The van der Waals surface area contributed by atoms with Gasteiger partial charge in [0.15, 0.2) is 0 Å². The van der Waals surface area contributed by atoms with Gasteiger partial charge in [0.2, 0.25) is 0 Å². The van der Waals surface area contributed by atoms with Gasteiger partial charge in [-0.25, -0.2) is 0 Å². The third-order valence-electron chi connectivity index (χ3n) is 3.35. The zero-order chi connectivity index (χ0) is 13.1.